The van der Waals surface area contributed by atoms with Crippen LogP contribution in [0.5, 0.6) is 0 Å². The van der Waals surface area contributed by atoms with E-state index in [0.717, 1.165) is 22.7 Å². The van der Waals surface area contributed by atoms with Crippen molar-refractivity contribution in [2.75, 3.05) is 19.4 Å². The molecule has 0 spiro atoms. The highest BCUT2D eigenvalue weighted by Gasteiger charge is 2.28. The fourth-order valence-corrected chi connectivity index (χ4v) is 3.88. The van der Waals surface area contributed by atoms with E-state index < -0.39 is 10.0 Å². The van der Waals surface area contributed by atoms with Gasteiger partial charge < -0.3 is 5.32 Å². The van der Waals surface area contributed by atoms with Gasteiger partial charge in [0.05, 0.1) is 10.8 Å². The van der Waals surface area contributed by atoms with Crippen LogP contribution in [-0.2, 0) is 21.2 Å². The zero-order valence-electron chi connectivity index (χ0n) is 13.7. The van der Waals surface area contributed by atoms with Crippen molar-refractivity contribution in [2.24, 2.45) is 0 Å². The average Bonchev–Trinajstić information content (AvgIpc) is 2.99. The van der Waals surface area contributed by atoms with E-state index in [4.69, 9.17) is 0 Å². The van der Waals surface area contributed by atoms with Gasteiger partial charge in [0.2, 0.25) is 15.9 Å². The van der Waals surface area contributed by atoms with Crippen LogP contribution < -0.4 is 5.32 Å². The van der Waals surface area contributed by atoms with Crippen molar-refractivity contribution in [2.45, 2.75) is 23.7 Å². The molecule has 24 heavy (non-hydrogen) atoms. The molecule has 0 unspecified atom stereocenters. The number of sulfonamides is 1. The van der Waals surface area contributed by atoms with E-state index in [0.29, 0.717) is 5.69 Å². The summed E-state index contributed by atoms with van der Waals surface area (Å²) in [4.78, 5) is 12.7. The largest absolute Gasteiger partial charge is 0.326 e. The Kier molecular flexibility index (Phi) is 4.43. The number of carbonyl (C=O) groups excluding carboxylic acids is 1. The fourth-order valence-electron chi connectivity index (χ4n) is 2.98. The van der Waals surface area contributed by atoms with E-state index in [1.807, 2.05) is 18.2 Å². The molecule has 0 aliphatic heterocycles. The minimum atomic E-state index is -3.46. The third-order valence-electron chi connectivity index (χ3n) is 4.35. The predicted octanol–water partition coefficient (Wildman–Crippen LogP) is 2.61. The molecule has 0 radical (unpaired) electrons. The first-order chi connectivity index (χ1) is 11.4. The van der Waals surface area contributed by atoms with Gasteiger partial charge in [0, 0.05) is 19.8 Å². The third kappa shape index (κ3) is 3.07. The fraction of sp³-hybridized carbons (Fsp3) is 0.278. The van der Waals surface area contributed by atoms with Gasteiger partial charge in [-0.1, -0.05) is 24.3 Å². The normalized spacial score (nSPS) is 16.9. The molecular weight excluding hydrogens is 324 g/mol. The van der Waals surface area contributed by atoms with Crippen molar-refractivity contribution in [1.82, 2.24) is 4.31 Å². The van der Waals surface area contributed by atoms with E-state index in [1.165, 1.54) is 31.8 Å². The highest BCUT2D eigenvalue weighted by Crippen LogP contribution is 2.33. The number of anilines is 1. The Morgan fingerprint density at radius 1 is 1.08 bits per heavy atom. The first-order valence-electron chi connectivity index (χ1n) is 7.81. The van der Waals surface area contributed by atoms with Crippen LogP contribution in [-0.4, -0.2) is 32.7 Å². The summed E-state index contributed by atoms with van der Waals surface area (Å²) in [6.07, 6.45) is 1.71. The Bertz CT molecular complexity index is 858. The van der Waals surface area contributed by atoms with Gasteiger partial charge in [0.1, 0.15) is 0 Å². The molecule has 0 saturated carbocycles. The Balaban J connectivity index is 1.75. The number of hydrogen-bond donors (Lipinski definition) is 1. The Morgan fingerprint density at radius 2 is 1.75 bits per heavy atom. The molecule has 5 nitrogen and oxygen atoms in total. The highest BCUT2D eigenvalue weighted by atomic mass is 32.2. The number of fused-ring (bicyclic) bond motifs is 1. The van der Waals surface area contributed by atoms with Gasteiger partial charge in [-0.3, -0.25) is 4.79 Å². The van der Waals surface area contributed by atoms with Crippen molar-refractivity contribution in [3.8, 4) is 0 Å². The van der Waals surface area contributed by atoms with Crippen LogP contribution in [0.3, 0.4) is 0 Å². The molecule has 6 heteroatoms. The van der Waals surface area contributed by atoms with Gasteiger partial charge in [-0.25, -0.2) is 12.7 Å². The highest BCUT2D eigenvalue weighted by molar-refractivity contribution is 7.89. The van der Waals surface area contributed by atoms with Crippen molar-refractivity contribution < 1.29 is 13.2 Å². The van der Waals surface area contributed by atoms with Crippen LogP contribution in [0, 0.1) is 0 Å². The van der Waals surface area contributed by atoms with Gasteiger partial charge in [0.15, 0.2) is 0 Å². The molecule has 1 aliphatic rings. The molecule has 0 aromatic heterocycles. The van der Waals surface area contributed by atoms with Crippen LogP contribution in [0.15, 0.2) is 53.4 Å². The maximum absolute atomic E-state index is 12.5. The smallest absolute Gasteiger partial charge is 0.242 e. The van der Waals surface area contributed by atoms with E-state index in [-0.39, 0.29) is 16.7 Å². The number of nitrogens with one attached hydrogen (secondary N) is 1. The maximum atomic E-state index is 12.5. The van der Waals surface area contributed by atoms with E-state index in [2.05, 4.69) is 11.4 Å². The molecule has 1 N–H and O–H groups in total. The van der Waals surface area contributed by atoms with Gasteiger partial charge in [-0.15, -0.1) is 0 Å². The Labute approximate surface area is 142 Å². The summed E-state index contributed by atoms with van der Waals surface area (Å²) in [5.74, 6) is -0.199. The number of rotatable bonds is 4. The molecule has 1 aliphatic carbocycles. The van der Waals surface area contributed by atoms with Crippen LogP contribution in [0.25, 0.3) is 0 Å². The number of aryl methyl sites for hydroxylation is 1. The lowest BCUT2D eigenvalue weighted by Crippen LogP contribution is -2.22. The molecule has 0 heterocycles. The van der Waals surface area contributed by atoms with Crippen LogP contribution in [0.4, 0.5) is 5.69 Å². The van der Waals surface area contributed by atoms with Crippen molar-refractivity contribution in [3.63, 3.8) is 0 Å². The summed E-state index contributed by atoms with van der Waals surface area (Å²) in [7, 11) is -0.480. The number of hydrogen-bond acceptors (Lipinski definition) is 3. The summed E-state index contributed by atoms with van der Waals surface area (Å²) in [6.45, 7) is 0. The van der Waals surface area contributed by atoms with Gasteiger partial charge in [0.25, 0.3) is 0 Å². The number of nitrogens with zero attached hydrogens (tertiary/aromatic N) is 1. The topological polar surface area (TPSA) is 66.5 Å². The first kappa shape index (κ1) is 16.7. The predicted molar refractivity (Wildman–Crippen MR) is 93.4 cm³/mol. The molecule has 2 aromatic rings. The number of benzene rings is 2. The summed E-state index contributed by atoms with van der Waals surface area (Å²) in [5, 5.41) is 2.89. The second-order valence-electron chi connectivity index (χ2n) is 6.09. The summed E-state index contributed by atoms with van der Waals surface area (Å²) in [6, 6.07) is 14.3. The zero-order valence-corrected chi connectivity index (χ0v) is 14.5. The monoisotopic (exact) mass is 344 g/mol. The zero-order chi connectivity index (χ0) is 17.3. The van der Waals surface area contributed by atoms with Crippen molar-refractivity contribution in [1.29, 1.82) is 0 Å². The van der Waals surface area contributed by atoms with Crippen molar-refractivity contribution >= 4 is 21.6 Å². The molecular formula is C18H20N2O3S. The van der Waals surface area contributed by atoms with Crippen LogP contribution >= 0.6 is 0 Å². The Hall–Kier alpha value is -2.18. The SMILES string of the molecule is CN(C)S(=O)(=O)c1ccc(NC(=O)[C@H]2CCc3ccccc32)cc1. The molecule has 2 aromatic carbocycles. The molecule has 0 fully saturated rings. The molecule has 1 atom stereocenters. The second kappa shape index (κ2) is 6.37. The third-order valence-corrected chi connectivity index (χ3v) is 6.18. The Morgan fingerprint density at radius 3 is 2.42 bits per heavy atom. The lowest BCUT2D eigenvalue weighted by Gasteiger charge is -2.14. The minimum Gasteiger partial charge on any atom is -0.326 e. The van der Waals surface area contributed by atoms with E-state index in [9.17, 15) is 13.2 Å². The van der Waals surface area contributed by atoms with Crippen LogP contribution in [0.2, 0.25) is 0 Å². The summed E-state index contributed by atoms with van der Waals surface area (Å²) in [5.41, 5.74) is 2.91. The minimum absolute atomic E-state index is 0.0526. The first-order valence-corrected chi connectivity index (χ1v) is 9.25. The van der Waals surface area contributed by atoms with Gasteiger partial charge in [-0.05, 0) is 48.2 Å². The average molecular weight is 344 g/mol. The van der Waals surface area contributed by atoms with Gasteiger partial charge >= 0.3 is 0 Å². The molecule has 3 rings (SSSR count). The second-order valence-corrected chi connectivity index (χ2v) is 8.24. The number of amides is 1. The molecule has 0 saturated heterocycles. The van der Waals surface area contributed by atoms with Gasteiger partial charge in [-0.2, -0.15) is 0 Å². The maximum Gasteiger partial charge on any atom is 0.242 e. The molecule has 126 valence electrons. The van der Waals surface area contributed by atoms with Crippen molar-refractivity contribution in [3.05, 3.63) is 59.7 Å². The molecule has 1 amide bonds. The summed E-state index contributed by atoms with van der Waals surface area (Å²) >= 11 is 0. The molecule has 0 bridgehead atoms. The quantitative estimate of drug-likeness (QED) is 0.927. The van der Waals surface area contributed by atoms with E-state index in [1.54, 1.807) is 12.1 Å². The lowest BCUT2D eigenvalue weighted by molar-refractivity contribution is -0.117. The number of carbonyl (C=O) groups is 1. The van der Waals surface area contributed by atoms with Crippen LogP contribution in [0.1, 0.15) is 23.5 Å². The lowest BCUT2D eigenvalue weighted by atomic mass is 10.0. The van der Waals surface area contributed by atoms with E-state index >= 15 is 0 Å². The summed E-state index contributed by atoms with van der Waals surface area (Å²) < 4.78 is 25.3. The standard InChI is InChI=1S/C18H20N2O3S/c1-20(2)24(22,23)15-10-8-14(9-11-15)19-18(21)17-12-7-13-5-3-4-6-16(13)17/h3-6,8-11,17H,7,12H2,1-2H3,(H,19,21)/t17-/m0/s1.